The molecule has 2 aromatic carbocycles. The number of likely N-dealkylation sites (tertiary alicyclic amines) is 1. The fourth-order valence-corrected chi connectivity index (χ4v) is 5.36. The lowest BCUT2D eigenvalue weighted by Crippen LogP contribution is -2.63. The number of rotatable bonds is 6. The Morgan fingerprint density at radius 1 is 0.941 bits per heavy atom. The van der Waals surface area contributed by atoms with E-state index in [9.17, 15) is 14.4 Å². The predicted octanol–water partition coefficient (Wildman–Crippen LogP) is 4.11. The summed E-state index contributed by atoms with van der Waals surface area (Å²) in [6.07, 6.45) is 4.71. The lowest BCUT2D eigenvalue weighted by molar-refractivity contribution is -0.132. The zero-order valence-electron chi connectivity index (χ0n) is 19.5. The molecule has 2 aliphatic heterocycles. The van der Waals surface area contributed by atoms with Gasteiger partial charge in [0.15, 0.2) is 5.78 Å². The normalized spacial score (nSPS) is 18.4. The number of primary amides is 1. The van der Waals surface area contributed by atoms with Gasteiger partial charge in [-0.15, -0.1) is 0 Å². The number of amides is 2. The summed E-state index contributed by atoms with van der Waals surface area (Å²) >= 11 is 6.15. The summed E-state index contributed by atoms with van der Waals surface area (Å²) in [6.45, 7) is 4.65. The number of ketones is 1. The number of carbonyl (C=O) groups is 3. The summed E-state index contributed by atoms with van der Waals surface area (Å²) in [6, 6.07) is 12.2. The molecule has 2 aliphatic rings. The quantitative estimate of drug-likeness (QED) is 0.604. The van der Waals surface area contributed by atoms with Crippen LogP contribution in [0.25, 0.3) is 0 Å². The Hall–Kier alpha value is -2.90. The highest BCUT2D eigenvalue weighted by Gasteiger charge is 2.45. The van der Waals surface area contributed by atoms with Gasteiger partial charge in [-0.3, -0.25) is 19.3 Å². The molecule has 2 heterocycles. The molecule has 4 rings (SSSR count). The summed E-state index contributed by atoms with van der Waals surface area (Å²) in [4.78, 5) is 42.1. The monoisotopic (exact) mass is 482 g/mol. The van der Waals surface area contributed by atoms with Gasteiger partial charge in [0.2, 0.25) is 5.91 Å². The van der Waals surface area contributed by atoms with Crippen LogP contribution in [0.5, 0.6) is 0 Å². The van der Waals surface area contributed by atoms with Crippen LogP contribution < -0.4 is 16.0 Å². The van der Waals surface area contributed by atoms with Crippen LogP contribution in [0.3, 0.4) is 0 Å². The van der Waals surface area contributed by atoms with Crippen molar-refractivity contribution in [2.45, 2.75) is 44.6 Å². The average molecular weight is 483 g/mol. The van der Waals surface area contributed by atoms with Crippen LogP contribution in [-0.4, -0.2) is 54.2 Å². The smallest absolute Gasteiger partial charge is 0.257 e. The Balaban J connectivity index is 1.51. The predicted molar refractivity (Wildman–Crippen MR) is 135 cm³/mol. The Morgan fingerprint density at radius 2 is 1.62 bits per heavy atom. The molecule has 2 saturated heterocycles. The number of piperidine rings is 2. The van der Waals surface area contributed by atoms with E-state index in [1.165, 1.54) is 13.3 Å². The van der Waals surface area contributed by atoms with Crippen LogP contribution in [0.1, 0.15) is 59.7 Å². The molecule has 180 valence electrons. The van der Waals surface area contributed by atoms with Gasteiger partial charge in [0.1, 0.15) is 5.54 Å². The largest absolute Gasteiger partial charge is 0.371 e. The third kappa shape index (κ3) is 4.81. The maximum atomic E-state index is 12.7. The van der Waals surface area contributed by atoms with Crippen LogP contribution in [0.2, 0.25) is 5.02 Å². The van der Waals surface area contributed by atoms with Crippen molar-refractivity contribution in [2.24, 2.45) is 5.73 Å². The van der Waals surface area contributed by atoms with E-state index in [-0.39, 0.29) is 17.6 Å². The van der Waals surface area contributed by atoms with Gasteiger partial charge in [-0.25, -0.2) is 0 Å². The molecule has 0 atom stereocenters. The van der Waals surface area contributed by atoms with Crippen LogP contribution in [-0.2, 0) is 4.79 Å². The third-order valence-electron chi connectivity index (χ3n) is 7.12. The first-order valence-corrected chi connectivity index (χ1v) is 12.2. The molecule has 2 fully saturated rings. The third-order valence-corrected chi connectivity index (χ3v) is 7.45. The second kappa shape index (κ2) is 10.2. The number of nitrogens with zero attached hydrogens (tertiary/aromatic N) is 2. The van der Waals surface area contributed by atoms with E-state index in [0.717, 1.165) is 31.6 Å². The molecule has 0 radical (unpaired) electrons. The molecule has 34 heavy (non-hydrogen) atoms. The number of carbonyl (C=O) groups excluding carboxylic acids is 3. The number of hydrogen-bond donors (Lipinski definition) is 2. The van der Waals surface area contributed by atoms with Gasteiger partial charge in [0.25, 0.3) is 5.91 Å². The summed E-state index contributed by atoms with van der Waals surface area (Å²) in [5, 5.41) is 3.17. The SMILES string of the molecule is CC(=O)c1cc(N2CCC(C(N)=O)(N3CCCCC3)CC2)ccc1NC(=O)c1ccccc1Cl. The molecule has 8 heteroatoms. The highest BCUT2D eigenvalue weighted by molar-refractivity contribution is 6.34. The Kier molecular flexibility index (Phi) is 7.24. The van der Waals surface area contributed by atoms with E-state index in [2.05, 4.69) is 15.1 Å². The number of Topliss-reactive ketones (excluding diaryl/α,β-unsaturated/α-hetero) is 1. The Bertz CT molecular complexity index is 1090. The first kappa shape index (κ1) is 24.2. The molecular formula is C26H31ClN4O3. The summed E-state index contributed by atoms with van der Waals surface area (Å²) in [7, 11) is 0. The number of hydrogen-bond acceptors (Lipinski definition) is 5. The minimum absolute atomic E-state index is 0.145. The molecule has 0 spiro atoms. The van der Waals surface area contributed by atoms with Crippen LogP contribution in [0, 0.1) is 0 Å². The molecule has 0 saturated carbocycles. The van der Waals surface area contributed by atoms with Crippen LogP contribution in [0.4, 0.5) is 11.4 Å². The van der Waals surface area contributed by atoms with E-state index in [1.54, 1.807) is 30.3 Å². The zero-order valence-corrected chi connectivity index (χ0v) is 20.2. The zero-order chi connectivity index (χ0) is 24.3. The lowest BCUT2D eigenvalue weighted by Gasteiger charge is -2.48. The number of nitrogens with one attached hydrogen (secondary N) is 1. The summed E-state index contributed by atoms with van der Waals surface area (Å²) in [5.74, 6) is -0.754. The van der Waals surface area contributed by atoms with Crippen molar-refractivity contribution in [3.8, 4) is 0 Å². The van der Waals surface area contributed by atoms with Crippen LogP contribution in [0.15, 0.2) is 42.5 Å². The standard InChI is InChI=1S/C26H31ClN4O3/c1-18(32)21-17-19(9-10-23(21)29-24(33)20-7-3-4-8-22(20)27)30-15-11-26(12-16-30,25(28)34)31-13-5-2-6-14-31/h3-4,7-10,17H,2,5-6,11-16H2,1H3,(H2,28,34)(H,29,33). The first-order valence-electron chi connectivity index (χ1n) is 11.8. The number of benzene rings is 2. The Labute approximate surface area is 205 Å². The van der Waals surface area contributed by atoms with Gasteiger partial charge in [-0.2, -0.15) is 0 Å². The van der Waals surface area contributed by atoms with Crippen molar-refractivity contribution in [1.82, 2.24) is 4.90 Å². The molecule has 0 aromatic heterocycles. The summed E-state index contributed by atoms with van der Waals surface area (Å²) in [5.41, 5.74) is 7.43. The van der Waals surface area contributed by atoms with Crippen molar-refractivity contribution in [3.05, 3.63) is 58.6 Å². The van der Waals surface area contributed by atoms with E-state index < -0.39 is 5.54 Å². The molecule has 0 aliphatic carbocycles. The van der Waals surface area contributed by atoms with E-state index in [4.69, 9.17) is 17.3 Å². The van der Waals surface area contributed by atoms with Gasteiger partial charge < -0.3 is 16.0 Å². The highest BCUT2D eigenvalue weighted by Crippen LogP contribution is 2.34. The molecule has 0 bridgehead atoms. The molecule has 2 aromatic rings. The molecular weight excluding hydrogens is 452 g/mol. The second-order valence-corrected chi connectivity index (χ2v) is 9.56. The topological polar surface area (TPSA) is 95.7 Å². The fourth-order valence-electron chi connectivity index (χ4n) is 5.14. The molecule has 3 N–H and O–H groups in total. The van der Waals surface area contributed by atoms with E-state index in [1.807, 2.05) is 12.1 Å². The molecule has 2 amide bonds. The van der Waals surface area contributed by atoms with Gasteiger partial charge >= 0.3 is 0 Å². The number of nitrogens with two attached hydrogens (primary N) is 1. The highest BCUT2D eigenvalue weighted by atomic mass is 35.5. The van der Waals surface area contributed by atoms with Crippen LogP contribution >= 0.6 is 11.6 Å². The van der Waals surface area contributed by atoms with Gasteiger partial charge in [-0.05, 0) is 76.0 Å². The summed E-state index contributed by atoms with van der Waals surface area (Å²) < 4.78 is 0. The van der Waals surface area contributed by atoms with Crippen molar-refractivity contribution in [2.75, 3.05) is 36.4 Å². The lowest BCUT2D eigenvalue weighted by atomic mass is 9.83. The second-order valence-electron chi connectivity index (χ2n) is 9.15. The van der Waals surface area contributed by atoms with Gasteiger partial charge in [0.05, 0.1) is 16.3 Å². The number of halogens is 1. The first-order chi connectivity index (χ1) is 16.3. The number of anilines is 2. The van der Waals surface area contributed by atoms with Crippen molar-refractivity contribution in [3.63, 3.8) is 0 Å². The minimum atomic E-state index is -0.594. The minimum Gasteiger partial charge on any atom is -0.371 e. The fraction of sp³-hybridized carbons (Fsp3) is 0.423. The average Bonchev–Trinajstić information content (AvgIpc) is 2.85. The van der Waals surface area contributed by atoms with Gasteiger partial charge in [0, 0.05) is 24.3 Å². The van der Waals surface area contributed by atoms with Crippen molar-refractivity contribution in [1.29, 1.82) is 0 Å². The van der Waals surface area contributed by atoms with E-state index >= 15 is 0 Å². The molecule has 7 nitrogen and oxygen atoms in total. The van der Waals surface area contributed by atoms with Crippen molar-refractivity contribution >= 4 is 40.6 Å². The molecule has 0 unspecified atom stereocenters. The van der Waals surface area contributed by atoms with Gasteiger partial charge in [-0.1, -0.05) is 30.2 Å². The maximum absolute atomic E-state index is 12.7. The van der Waals surface area contributed by atoms with Crippen molar-refractivity contribution < 1.29 is 14.4 Å². The van der Waals surface area contributed by atoms with E-state index in [0.29, 0.717) is 47.8 Å². The Morgan fingerprint density at radius 3 is 2.24 bits per heavy atom. The maximum Gasteiger partial charge on any atom is 0.257 e.